The summed E-state index contributed by atoms with van der Waals surface area (Å²) in [5, 5.41) is 0. The maximum Gasteiger partial charge on any atom is 0.330 e. The topological polar surface area (TPSA) is 35.5 Å². The van der Waals surface area contributed by atoms with Gasteiger partial charge in [-0.2, -0.15) is 0 Å². The van der Waals surface area contributed by atoms with Gasteiger partial charge < -0.3 is 9.16 Å². The van der Waals surface area contributed by atoms with Gasteiger partial charge in [0, 0.05) is 13.2 Å². The van der Waals surface area contributed by atoms with E-state index in [4.69, 9.17) is 9.16 Å². The minimum absolute atomic E-state index is 0.366. The van der Waals surface area contributed by atoms with Crippen LogP contribution in [0.2, 0.25) is 6.04 Å². The smallest absolute Gasteiger partial charge is 0.330 e. The van der Waals surface area contributed by atoms with Crippen LogP contribution in [-0.4, -0.2) is 28.7 Å². The zero-order valence-electron chi connectivity index (χ0n) is 7.99. The summed E-state index contributed by atoms with van der Waals surface area (Å²) in [4.78, 5) is 10.6. The Labute approximate surface area is 80.8 Å². The minimum atomic E-state index is -1.22. The van der Waals surface area contributed by atoms with Crippen molar-refractivity contribution in [3.8, 4) is 0 Å². The molecule has 0 radical (unpaired) electrons. The monoisotopic (exact) mass is 200 g/mol. The van der Waals surface area contributed by atoms with Crippen LogP contribution in [0.4, 0.5) is 0 Å². The van der Waals surface area contributed by atoms with E-state index in [1.54, 1.807) is 7.11 Å². The van der Waals surface area contributed by atoms with E-state index in [-0.39, 0.29) is 5.97 Å². The molecule has 0 aromatic heterocycles. The van der Waals surface area contributed by atoms with E-state index in [9.17, 15) is 4.79 Å². The number of ether oxygens (including phenoxy) is 1. The second-order valence-corrected chi connectivity index (χ2v) is 5.12. The summed E-state index contributed by atoms with van der Waals surface area (Å²) in [6.07, 6.45) is 2.00. The van der Waals surface area contributed by atoms with Crippen LogP contribution in [0.25, 0.3) is 0 Å². The summed E-state index contributed by atoms with van der Waals surface area (Å²) in [5.41, 5.74) is 1.87. The molecule has 0 aliphatic carbocycles. The number of carbonyl (C=O) groups is 1. The van der Waals surface area contributed by atoms with Gasteiger partial charge in [-0.3, -0.25) is 0 Å². The van der Waals surface area contributed by atoms with Gasteiger partial charge in [0.1, 0.15) is 0 Å². The fraction of sp³-hybridized carbons (Fsp3) is 0.444. The second kappa shape index (κ2) is 7.76. The van der Waals surface area contributed by atoms with Gasteiger partial charge in [0.05, 0.1) is 6.61 Å². The third kappa shape index (κ3) is 6.30. The number of hydrogen-bond acceptors (Lipinski definition) is 3. The van der Waals surface area contributed by atoms with Crippen molar-refractivity contribution in [3.05, 3.63) is 24.9 Å². The second-order valence-electron chi connectivity index (χ2n) is 2.52. The first-order valence-corrected chi connectivity index (χ1v) is 6.14. The van der Waals surface area contributed by atoms with Gasteiger partial charge in [-0.1, -0.05) is 12.3 Å². The Kier molecular flexibility index (Phi) is 7.24. The third-order valence-corrected chi connectivity index (χ3v) is 3.72. The van der Waals surface area contributed by atoms with Crippen LogP contribution in [-0.2, 0) is 14.0 Å². The van der Waals surface area contributed by atoms with Gasteiger partial charge in [0.2, 0.25) is 0 Å². The first kappa shape index (κ1) is 12.1. The lowest BCUT2D eigenvalue weighted by Crippen LogP contribution is -2.13. The molecule has 74 valence electrons. The van der Waals surface area contributed by atoms with Gasteiger partial charge in [0.15, 0.2) is 9.04 Å². The van der Waals surface area contributed by atoms with Crippen LogP contribution >= 0.6 is 0 Å². The molecule has 0 spiro atoms. The quantitative estimate of drug-likeness (QED) is 0.268. The van der Waals surface area contributed by atoms with Crippen LogP contribution in [0.3, 0.4) is 0 Å². The van der Waals surface area contributed by atoms with Gasteiger partial charge in [0.25, 0.3) is 0 Å². The molecular weight excluding hydrogens is 184 g/mol. The van der Waals surface area contributed by atoms with Crippen LogP contribution < -0.4 is 0 Å². The zero-order valence-corrected chi connectivity index (χ0v) is 9.15. The van der Waals surface area contributed by atoms with Gasteiger partial charge in [-0.25, -0.2) is 4.79 Å². The van der Waals surface area contributed by atoms with Gasteiger partial charge >= 0.3 is 5.97 Å². The molecule has 0 saturated heterocycles. The van der Waals surface area contributed by atoms with Crippen LogP contribution in [0.5, 0.6) is 0 Å². The van der Waals surface area contributed by atoms with E-state index in [0.29, 0.717) is 6.61 Å². The van der Waals surface area contributed by atoms with Crippen molar-refractivity contribution in [2.24, 2.45) is 0 Å². The average molecular weight is 200 g/mol. The Balaban J connectivity index is 3.38. The van der Waals surface area contributed by atoms with Crippen LogP contribution in [0, 0.1) is 0 Å². The molecule has 1 unspecified atom stereocenters. The summed E-state index contributed by atoms with van der Waals surface area (Å²) in [5.74, 6) is -0.366. The standard InChI is InChI=1S/C9H16O3Si/c1-4-9(10)12-7-6-8-13(5-2)11-3/h4-5,13H,1-2,6-8H2,3H3. The molecule has 1 atom stereocenters. The van der Waals surface area contributed by atoms with E-state index in [1.165, 1.54) is 6.08 Å². The molecule has 4 heteroatoms. The highest BCUT2D eigenvalue weighted by Gasteiger charge is 2.04. The largest absolute Gasteiger partial charge is 0.463 e. The minimum Gasteiger partial charge on any atom is -0.463 e. The molecule has 3 nitrogen and oxygen atoms in total. The predicted octanol–water partition coefficient (Wildman–Crippen LogP) is 1.20. The molecule has 0 aromatic carbocycles. The first-order chi connectivity index (χ1) is 6.24. The Morgan fingerprint density at radius 1 is 1.54 bits per heavy atom. The maximum absolute atomic E-state index is 10.6. The van der Waals surface area contributed by atoms with Crippen LogP contribution in [0.1, 0.15) is 6.42 Å². The van der Waals surface area contributed by atoms with Gasteiger partial charge in [-0.15, -0.1) is 6.58 Å². The highest BCUT2D eigenvalue weighted by atomic mass is 28.3. The van der Waals surface area contributed by atoms with Crippen molar-refractivity contribution >= 4 is 15.0 Å². The van der Waals surface area contributed by atoms with Crippen LogP contribution in [0.15, 0.2) is 24.9 Å². The number of carbonyl (C=O) groups excluding carboxylic acids is 1. The Morgan fingerprint density at radius 2 is 2.23 bits per heavy atom. The lowest BCUT2D eigenvalue weighted by Gasteiger charge is -2.07. The van der Waals surface area contributed by atoms with Crippen molar-refractivity contribution in [3.63, 3.8) is 0 Å². The van der Waals surface area contributed by atoms with Crippen molar-refractivity contribution in [2.75, 3.05) is 13.7 Å². The van der Waals surface area contributed by atoms with E-state index in [2.05, 4.69) is 13.2 Å². The highest BCUT2D eigenvalue weighted by molar-refractivity contribution is 6.57. The molecular formula is C9H16O3Si. The molecule has 0 rings (SSSR count). The molecule has 0 heterocycles. The first-order valence-electron chi connectivity index (χ1n) is 4.19. The lowest BCUT2D eigenvalue weighted by atomic mass is 10.5. The number of esters is 1. The number of hydrogen-bond donors (Lipinski definition) is 0. The normalized spacial score (nSPS) is 11.8. The highest BCUT2D eigenvalue weighted by Crippen LogP contribution is 1.99. The molecule has 0 aromatic rings. The molecule has 13 heavy (non-hydrogen) atoms. The fourth-order valence-corrected chi connectivity index (χ4v) is 2.08. The molecule has 0 fully saturated rings. The predicted molar refractivity (Wildman–Crippen MR) is 54.9 cm³/mol. The maximum atomic E-state index is 10.6. The summed E-state index contributed by atoms with van der Waals surface area (Å²) >= 11 is 0. The average Bonchev–Trinajstić information content (AvgIpc) is 2.18. The fourth-order valence-electron chi connectivity index (χ4n) is 0.848. The molecule has 0 amide bonds. The van der Waals surface area contributed by atoms with E-state index in [1.807, 2.05) is 5.70 Å². The van der Waals surface area contributed by atoms with E-state index in [0.717, 1.165) is 12.5 Å². The molecule has 0 N–H and O–H groups in total. The Hall–Kier alpha value is -0.873. The zero-order chi connectivity index (χ0) is 10.1. The van der Waals surface area contributed by atoms with E-state index >= 15 is 0 Å². The van der Waals surface area contributed by atoms with E-state index < -0.39 is 9.04 Å². The summed E-state index contributed by atoms with van der Waals surface area (Å²) in [6.45, 7) is 7.41. The van der Waals surface area contributed by atoms with Crippen molar-refractivity contribution in [2.45, 2.75) is 12.5 Å². The molecule has 0 aliphatic heterocycles. The molecule has 0 bridgehead atoms. The SMILES string of the molecule is C=CC(=O)OCCC[SiH](C=C)OC. The Morgan fingerprint density at radius 3 is 2.69 bits per heavy atom. The Bertz CT molecular complexity index is 180. The lowest BCUT2D eigenvalue weighted by molar-refractivity contribution is -0.137. The molecule has 0 saturated carbocycles. The summed E-state index contributed by atoms with van der Waals surface area (Å²) in [6, 6.07) is 0.949. The number of rotatable bonds is 7. The molecule has 0 aliphatic rings. The van der Waals surface area contributed by atoms with Crippen molar-refractivity contribution < 1.29 is 14.0 Å². The summed E-state index contributed by atoms with van der Waals surface area (Å²) < 4.78 is 10.00. The third-order valence-electron chi connectivity index (χ3n) is 1.61. The van der Waals surface area contributed by atoms with Gasteiger partial charge in [-0.05, 0) is 12.5 Å². The van der Waals surface area contributed by atoms with Crippen molar-refractivity contribution in [1.82, 2.24) is 0 Å². The summed E-state index contributed by atoms with van der Waals surface area (Å²) in [7, 11) is 0.472. The van der Waals surface area contributed by atoms with Crippen molar-refractivity contribution in [1.29, 1.82) is 0 Å².